The number of unbranched alkanes of at least 4 members (excludes halogenated alkanes) is 1. The Morgan fingerprint density at radius 2 is 1.81 bits per heavy atom. The standard InChI is InChI=1S/C24H33N3O4S/c1-19(2)24(28)26-21-10-12-22(13-11-21)32(29,30)25-14-6-7-15-27-16-17-31-23(18-27)20-8-4-3-5-9-20/h3-5,8-13,19,23,25H,6-7,14-18H2,1-2H3,(H,26,28). The smallest absolute Gasteiger partial charge is 0.240 e. The van der Waals surface area contributed by atoms with Gasteiger partial charge in [0.25, 0.3) is 0 Å². The quantitative estimate of drug-likeness (QED) is 0.532. The second-order valence-corrected chi connectivity index (χ2v) is 10.1. The van der Waals surface area contributed by atoms with Crippen molar-refractivity contribution >= 4 is 21.6 Å². The number of hydrogen-bond donors (Lipinski definition) is 2. The van der Waals surface area contributed by atoms with Crippen LogP contribution in [0, 0.1) is 5.92 Å². The Hall–Kier alpha value is -2.26. The zero-order valence-corrected chi connectivity index (χ0v) is 19.6. The number of morpholine rings is 1. The molecule has 0 radical (unpaired) electrons. The van der Waals surface area contributed by atoms with Crippen molar-refractivity contribution in [2.45, 2.75) is 37.7 Å². The van der Waals surface area contributed by atoms with E-state index in [-0.39, 0.29) is 22.8 Å². The van der Waals surface area contributed by atoms with E-state index in [4.69, 9.17) is 4.74 Å². The first-order valence-electron chi connectivity index (χ1n) is 11.1. The molecule has 1 heterocycles. The first-order valence-corrected chi connectivity index (χ1v) is 12.6. The van der Waals surface area contributed by atoms with E-state index >= 15 is 0 Å². The van der Waals surface area contributed by atoms with Crippen LogP contribution in [0.4, 0.5) is 5.69 Å². The second kappa shape index (κ2) is 11.6. The average molecular weight is 460 g/mol. The molecule has 0 saturated carbocycles. The fourth-order valence-corrected chi connectivity index (χ4v) is 4.60. The van der Waals surface area contributed by atoms with Crippen molar-refractivity contribution in [1.29, 1.82) is 0 Å². The lowest BCUT2D eigenvalue weighted by Crippen LogP contribution is -2.39. The molecule has 0 bridgehead atoms. The van der Waals surface area contributed by atoms with E-state index in [0.29, 0.717) is 18.8 Å². The van der Waals surface area contributed by atoms with Gasteiger partial charge in [-0.1, -0.05) is 44.2 Å². The fourth-order valence-electron chi connectivity index (χ4n) is 3.53. The zero-order valence-electron chi connectivity index (χ0n) is 18.8. The Morgan fingerprint density at radius 1 is 1.09 bits per heavy atom. The van der Waals surface area contributed by atoms with E-state index in [0.717, 1.165) is 32.5 Å². The van der Waals surface area contributed by atoms with Crippen LogP contribution in [0.15, 0.2) is 59.5 Å². The number of nitrogens with zero attached hydrogens (tertiary/aromatic N) is 1. The van der Waals surface area contributed by atoms with Crippen LogP contribution < -0.4 is 10.0 Å². The number of benzene rings is 2. The van der Waals surface area contributed by atoms with Crippen molar-refractivity contribution in [2.75, 3.05) is 38.1 Å². The Labute approximate surface area is 191 Å². The molecule has 1 atom stereocenters. The summed E-state index contributed by atoms with van der Waals surface area (Å²) in [6, 6.07) is 16.5. The van der Waals surface area contributed by atoms with Crippen molar-refractivity contribution in [2.24, 2.45) is 5.92 Å². The molecule has 1 fully saturated rings. The molecule has 1 aliphatic rings. The van der Waals surface area contributed by atoms with Gasteiger partial charge in [-0.25, -0.2) is 13.1 Å². The molecule has 0 aromatic heterocycles. The minimum absolute atomic E-state index is 0.0942. The zero-order chi connectivity index (χ0) is 23.0. The number of carbonyl (C=O) groups excluding carboxylic acids is 1. The van der Waals surface area contributed by atoms with Crippen LogP contribution in [0.1, 0.15) is 38.4 Å². The van der Waals surface area contributed by atoms with Crippen LogP contribution in [0.3, 0.4) is 0 Å². The van der Waals surface area contributed by atoms with Crippen LogP contribution in [0.2, 0.25) is 0 Å². The van der Waals surface area contributed by atoms with Crippen LogP contribution >= 0.6 is 0 Å². The SMILES string of the molecule is CC(C)C(=O)Nc1ccc(S(=O)(=O)NCCCCN2CCOC(c3ccccc3)C2)cc1. The highest BCUT2D eigenvalue weighted by Gasteiger charge is 2.21. The number of rotatable bonds is 10. The Kier molecular flexibility index (Phi) is 8.81. The lowest BCUT2D eigenvalue weighted by atomic mass is 10.1. The van der Waals surface area contributed by atoms with Gasteiger partial charge in [-0.2, -0.15) is 0 Å². The molecule has 32 heavy (non-hydrogen) atoms. The van der Waals surface area contributed by atoms with Gasteiger partial charge < -0.3 is 10.1 Å². The summed E-state index contributed by atoms with van der Waals surface area (Å²) in [7, 11) is -3.57. The summed E-state index contributed by atoms with van der Waals surface area (Å²) >= 11 is 0. The third kappa shape index (κ3) is 7.13. The van der Waals surface area contributed by atoms with Crippen LogP contribution in [-0.2, 0) is 19.6 Å². The average Bonchev–Trinajstić information content (AvgIpc) is 2.80. The monoisotopic (exact) mass is 459 g/mol. The number of ether oxygens (including phenoxy) is 1. The molecule has 2 aromatic carbocycles. The van der Waals surface area contributed by atoms with Crippen molar-refractivity contribution in [1.82, 2.24) is 9.62 Å². The molecule has 1 unspecified atom stereocenters. The third-order valence-corrected chi connectivity index (χ3v) is 6.95. The normalized spacial score (nSPS) is 17.4. The molecule has 2 N–H and O–H groups in total. The molecule has 3 rings (SSSR count). The van der Waals surface area contributed by atoms with Crippen molar-refractivity contribution in [3.05, 3.63) is 60.2 Å². The topological polar surface area (TPSA) is 87.7 Å². The predicted octanol–water partition coefficient (Wildman–Crippen LogP) is 3.41. The number of hydrogen-bond acceptors (Lipinski definition) is 5. The Morgan fingerprint density at radius 3 is 2.50 bits per heavy atom. The van der Waals surface area contributed by atoms with E-state index in [1.807, 2.05) is 18.2 Å². The predicted molar refractivity (Wildman–Crippen MR) is 126 cm³/mol. The molecule has 0 aliphatic carbocycles. The molecule has 8 heteroatoms. The third-order valence-electron chi connectivity index (χ3n) is 5.47. The van der Waals surface area contributed by atoms with Crippen LogP contribution in [-0.4, -0.2) is 52.0 Å². The molecular formula is C24H33N3O4S. The largest absolute Gasteiger partial charge is 0.371 e. The van der Waals surface area contributed by atoms with E-state index < -0.39 is 10.0 Å². The molecule has 174 valence electrons. The van der Waals surface area contributed by atoms with Gasteiger partial charge in [0.05, 0.1) is 17.6 Å². The fraction of sp³-hybridized carbons (Fsp3) is 0.458. The van der Waals surface area contributed by atoms with E-state index in [1.54, 1.807) is 26.0 Å². The summed E-state index contributed by atoms with van der Waals surface area (Å²) in [6.45, 7) is 7.38. The van der Waals surface area contributed by atoms with Crippen molar-refractivity contribution in [3.8, 4) is 0 Å². The summed E-state index contributed by atoms with van der Waals surface area (Å²) in [5.74, 6) is -0.240. The molecule has 2 aromatic rings. The van der Waals surface area contributed by atoms with Gasteiger partial charge in [-0.3, -0.25) is 9.69 Å². The maximum atomic E-state index is 12.5. The summed E-state index contributed by atoms with van der Waals surface area (Å²) in [6.07, 6.45) is 1.76. The minimum atomic E-state index is -3.57. The lowest BCUT2D eigenvalue weighted by Gasteiger charge is -2.33. The highest BCUT2D eigenvalue weighted by molar-refractivity contribution is 7.89. The molecular weight excluding hydrogens is 426 g/mol. The van der Waals surface area contributed by atoms with Crippen molar-refractivity contribution < 1.29 is 17.9 Å². The number of sulfonamides is 1. The molecule has 1 saturated heterocycles. The summed E-state index contributed by atoms with van der Waals surface area (Å²) in [5.41, 5.74) is 1.78. The number of nitrogens with one attached hydrogen (secondary N) is 2. The van der Waals surface area contributed by atoms with E-state index in [1.165, 1.54) is 17.7 Å². The number of amides is 1. The van der Waals surface area contributed by atoms with E-state index in [2.05, 4.69) is 27.1 Å². The number of anilines is 1. The first kappa shape index (κ1) is 24.4. The Bertz CT molecular complexity index is 962. The van der Waals surface area contributed by atoms with Crippen LogP contribution in [0.25, 0.3) is 0 Å². The summed E-state index contributed by atoms with van der Waals surface area (Å²) in [4.78, 5) is 14.3. The van der Waals surface area contributed by atoms with Crippen LogP contribution in [0.5, 0.6) is 0 Å². The van der Waals surface area contributed by atoms with Gasteiger partial charge in [0.15, 0.2) is 0 Å². The maximum Gasteiger partial charge on any atom is 0.240 e. The van der Waals surface area contributed by atoms with Gasteiger partial charge in [-0.05, 0) is 49.2 Å². The summed E-state index contributed by atoms with van der Waals surface area (Å²) in [5, 5.41) is 2.76. The highest BCUT2D eigenvalue weighted by atomic mass is 32.2. The van der Waals surface area contributed by atoms with Gasteiger partial charge in [0.2, 0.25) is 15.9 Å². The van der Waals surface area contributed by atoms with Crippen molar-refractivity contribution in [3.63, 3.8) is 0 Å². The van der Waals surface area contributed by atoms with Gasteiger partial charge in [-0.15, -0.1) is 0 Å². The number of carbonyl (C=O) groups is 1. The molecule has 7 nitrogen and oxygen atoms in total. The first-order chi connectivity index (χ1) is 15.3. The summed E-state index contributed by atoms with van der Waals surface area (Å²) < 4.78 is 33.6. The minimum Gasteiger partial charge on any atom is -0.371 e. The Balaban J connectivity index is 1.39. The van der Waals surface area contributed by atoms with Gasteiger partial charge >= 0.3 is 0 Å². The molecule has 1 aliphatic heterocycles. The maximum absolute atomic E-state index is 12.5. The van der Waals surface area contributed by atoms with Gasteiger partial charge in [0.1, 0.15) is 0 Å². The molecule has 1 amide bonds. The van der Waals surface area contributed by atoms with Gasteiger partial charge in [0, 0.05) is 31.2 Å². The second-order valence-electron chi connectivity index (χ2n) is 8.34. The molecule has 0 spiro atoms. The lowest BCUT2D eigenvalue weighted by molar-refractivity contribution is -0.118. The van der Waals surface area contributed by atoms with E-state index in [9.17, 15) is 13.2 Å². The highest BCUT2D eigenvalue weighted by Crippen LogP contribution is 2.22.